The van der Waals surface area contributed by atoms with Crippen molar-refractivity contribution in [3.8, 4) is 0 Å². The van der Waals surface area contributed by atoms with Crippen LogP contribution in [0.15, 0.2) is 12.4 Å². The van der Waals surface area contributed by atoms with Gasteiger partial charge in [0, 0.05) is 24.8 Å². The Kier molecular flexibility index (Phi) is 3.53. The molecule has 92 valence electrons. The van der Waals surface area contributed by atoms with Gasteiger partial charge in [-0.3, -0.25) is 0 Å². The summed E-state index contributed by atoms with van der Waals surface area (Å²) in [6, 6.07) is 2.03. The Labute approximate surface area is 100 Å². The molecule has 6 heteroatoms. The second kappa shape index (κ2) is 5.09. The Morgan fingerprint density at radius 3 is 3.00 bits per heavy atom. The lowest BCUT2D eigenvalue weighted by Crippen LogP contribution is -2.28. The lowest BCUT2D eigenvalue weighted by atomic mass is 10.3. The van der Waals surface area contributed by atoms with Crippen LogP contribution in [0.3, 0.4) is 0 Å². The number of aryl methyl sites for hydroxylation is 1. The summed E-state index contributed by atoms with van der Waals surface area (Å²) in [6.07, 6.45) is 2.49. The lowest BCUT2D eigenvalue weighted by molar-refractivity contribution is 0.725. The highest BCUT2D eigenvalue weighted by Crippen LogP contribution is 2.15. The van der Waals surface area contributed by atoms with Gasteiger partial charge in [0.25, 0.3) is 5.78 Å². The second-order valence-electron chi connectivity index (χ2n) is 3.95. The summed E-state index contributed by atoms with van der Waals surface area (Å²) in [5.74, 6) is 1.67. The van der Waals surface area contributed by atoms with Crippen LogP contribution in [0.2, 0.25) is 0 Å². The SMILES string of the molecule is CCN(CCCN)c1cc(C)nc2ncnn12. The van der Waals surface area contributed by atoms with Crippen molar-refractivity contribution < 1.29 is 0 Å². The van der Waals surface area contributed by atoms with Gasteiger partial charge in [-0.15, -0.1) is 0 Å². The summed E-state index contributed by atoms with van der Waals surface area (Å²) in [6.45, 7) is 6.62. The van der Waals surface area contributed by atoms with E-state index in [0.717, 1.165) is 31.0 Å². The van der Waals surface area contributed by atoms with Gasteiger partial charge in [0.2, 0.25) is 0 Å². The highest BCUT2D eigenvalue weighted by atomic mass is 15.4. The average Bonchev–Trinajstić information content (AvgIpc) is 2.77. The zero-order valence-corrected chi connectivity index (χ0v) is 10.3. The topological polar surface area (TPSA) is 72.3 Å². The third-order valence-corrected chi connectivity index (χ3v) is 2.70. The van der Waals surface area contributed by atoms with Crippen molar-refractivity contribution in [1.29, 1.82) is 0 Å². The van der Waals surface area contributed by atoms with E-state index in [1.54, 1.807) is 4.52 Å². The molecule has 0 saturated carbocycles. The standard InChI is InChI=1S/C11H18N6/c1-3-16(6-4-5-12)10-7-9(2)15-11-13-8-14-17(10)11/h7-8H,3-6,12H2,1-2H3. The van der Waals surface area contributed by atoms with Crippen LogP contribution in [0.1, 0.15) is 19.0 Å². The monoisotopic (exact) mass is 234 g/mol. The third-order valence-electron chi connectivity index (χ3n) is 2.70. The molecule has 0 aromatic carbocycles. The minimum Gasteiger partial charge on any atom is -0.357 e. The van der Waals surface area contributed by atoms with Gasteiger partial charge in [-0.1, -0.05) is 0 Å². The van der Waals surface area contributed by atoms with Crippen LogP contribution < -0.4 is 10.6 Å². The number of hydrogen-bond donors (Lipinski definition) is 1. The molecule has 2 heterocycles. The molecule has 0 unspecified atom stereocenters. The van der Waals surface area contributed by atoms with Gasteiger partial charge in [-0.2, -0.15) is 14.6 Å². The number of hydrogen-bond acceptors (Lipinski definition) is 5. The molecule has 0 aliphatic heterocycles. The molecule has 0 atom stereocenters. The minimum atomic E-state index is 0.645. The van der Waals surface area contributed by atoms with Crippen molar-refractivity contribution in [2.24, 2.45) is 5.73 Å². The van der Waals surface area contributed by atoms with Crippen LogP contribution in [-0.4, -0.2) is 39.2 Å². The predicted octanol–water partition coefficient (Wildman–Crippen LogP) is 0.608. The van der Waals surface area contributed by atoms with E-state index >= 15 is 0 Å². The van der Waals surface area contributed by atoms with Gasteiger partial charge >= 0.3 is 0 Å². The van der Waals surface area contributed by atoms with Crippen molar-refractivity contribution in [1.82, 2.24) is 19.6 Å². The molecule has 2 N–H and O–H groups in total. The molecular formula is C11H18N6. The maximum absolute atomic E-state index is 5.56. The highest BCUT2D eigenvalue weighted by molar-refractivity contribution is 5.46. The van der Waals surface area contributed by atoms with Crippen LogP contribution in [0.5, 0.6) is 0 Å². The summed E-state index contributed by atoms with van der Waals surface area (Å²) in [5, 5.41) is 4.21. The van der Waals surface area contributed by atoms with Gasteiger partial charge in [-0.25, -0.2) is 4.98 Å². The van der Waals surface area contributed by atoms with Gasteiger partial charge < -0.3 is 10.6 Å². The summed E-state index contributed by atoms with van der Waals surface area (Å²) in [7, 11) is 0. The Hall–Kier alpha value is -1.69. The Morgan fingerprint density at radius 1 is 1.47 bits per heavy atom. The summed E-state index contributed by atoms with van der Waals surface area (Å²) >= 11 is 0. The van der Waals surface area contributed by atoms with E-state index in [9.17, 15) is 0 Å². The fourth-order valence-corrected chi connectivity index (χ4v) is 1.85. The Morgan fingerprint density at radius 2 is 2.29 bits per heavy atom. The number of nitrogens with zero attached hydrogens (tertiary/aromatic N) is 5. The summed E-state index contributed by atoms with van der Waals surface area (Å²) < 4.78 is 1.77. The van der Waals surface area contributed by atoms with Crippen molar-refractivity contribution in [3.05, 3.63) is 18.1 Å². The van der Waals surface area contributed by atoms with Crippen molar-refractivity contribution >= 4 is 11.6 Å². The van der Waals surface area contributed by atoms with E-state index < -0.39 is 0 Å². The minimum absolute atomic E-state index is 0.645. The van der Waals surface area contributed by atoms with E-state index in [-0.39, 0.29) is 0 Å². The van der Waals surface area contributed by atoms with Crippen LogP contribution in [0.4, 0.5) is 5.82 Å². The molecule has 0 aliphatic carbocycles. The third kappa shape index (κ3) is 2.36. The van der Waals surface area contributed by atoms with Crippen LogP contribution in [0, 0.1) is 6.92 Å². The van der Waals surface area contributed by atoms with Gasteiger partial charge in [-0.05, 0) is 26.8 Å². The van der Waals surface area contributed by atoms with Crippen molar-refractivity contribution in [2.75, 3.05) is 24.5 Å². The number of anilines is 1. The molecule has 0 fully saturated rings. The number of aromatic nitrogens is 4. The first-order valence-electron chi connectivity index (χ1n) is 5.88. The number of fused-ring (bicyclic) bond motifs is 1. The largest absolute Gasteiger partial charge is 0.357 e. The summed E-state index contributed by atoms with van der Waals surface area (Å²) in [4.78, 5) is 10.7. The first-order valence-corrected chi connectivity index (χ1v) is 5.88. The first-order chi connectivity index (χ1) is 8.26. The van der Waals surface area contributed by atoms with Crippen LogP contribution in [-0.2, 0) is 0 Å². The summed E-state index contributed by atoms with van der Waals surface area (Å²) in [5.41, 5.74) is 6.51. The normalized spacial score (nSPS) is 11.0. The average molecular weight is 234 g/mol. The molecule has 0 radical (unpaired) electrons. The van der Waals surface area contributed by atoms with E-state index in [4.69, 9.17) is 5.73 Å². The maximum atomic E-state index is 5.56. The van der Waals surface area contributed by atoms with E-state index in [1.807, 2.05) is 13.0 Å². The van der Waals surface area contributed by atoms with Crippen LogP contribution in [0.25, 0.3) is 5.78 Å². The van der Waals surface area contributed by atoms with Gasteiger partial charge in [0.1, 0.15) is 12.1 Å². The predicted molar refractivity (Wildman–Crippen MR) is 67.1 cm³/mol. The van der Waals surface area contributed by atoms with E-state index in [2.05, 4.69) is 26.9 Å². The molecule has 2 aromatic heterocycles. The Balaban J connectivity index is 2.40. The molecule has 17 heavy (non-hydrogen) atoms. The molecule has 2 rings (SSSR count). The Bertz CT molecular complexity index is 492. The highest BCUT2D eigenvalue weighted by Gasteiger charge is 2.11. The first kappa shape index (κ1) is 11.8. The molecule has 0 bridgehead atoms. The van der Waals surface area contributed by atoms with Crippen molar-refractivity contribution in [3.63, 3.8) is 0 Å². The lowest BCUT2D eigenvalue weighted by Gasteiger charge is -2.23. The van der Waals surface area contributed by atoms with Gasteiger partial charge in [0.15, 0.2) is 0 Å². The second-order valence-corrected chi connectivity index (χ2v) is 3.95. The van der Waals surface area contributed by atoms with Crippen molar-refractivity contribution in [2.45, 2.75) is 20.3 Å². The molecular weight excluding hydrogens is 216 g/mol. The quantitative estimate of drug-likeness (QED) is 0.820. The fourth-order valence-electron chi connectivity index (χ4n) is 1.85. The van der Waals surface area contributed by atoms with E-state index in [1.165, 1.54) is 6.33 Å². The van der Waals surface area contributed by atoms with Crippen LogP contribution >= 0.6 is 0 Å². The molecule has 2 aromatic rings. The smallest absolute Gasteiger partial charge is 0.254 e. The molecule has 0 saturated heterocycles. The molecule has 0 spiro atoms. The van der Waals surface area contributed by atoms with E-state index in [0.29, 0.717) is 12.3 Å². The fraction of sp³-hybridized carbons (Fsp3) is 0.545. The zero-order valence-electron chi connectivity index (χ0n) is 10.3. The maximum Gasteiger partial charge on any atom is 0.254 e. The molecule has 6 nitrogen and oxygen atoms in total. The molecule has 0 aliphatic rings. The number of nitrogens with two attached hydrogens (primary N) is 1. The van der Waals surface area contributed by atoms with Gasteiger partial charge in [0.05, 0.1) is 0 Å². The molecule has 0 amide bonds. The zero-order chi connectivity index (χ0) is 12.3. The number of rotatable bonds is 5.